The monoisotopic (exact) mass is 618 g/mol. The summed E-state index contributed by atoms with van der Waals surface area (Å²) >= 11 is 0. The lowest BCUT2D eigenvalue weighted by molar-refractivity contribution is -0.139. The maximum atomic E-state index is 12.7. The first-order chi connectivity index (χ1) is 22.3. The summed E-state index contributed by atoms with van der Waals surface area (Å²) in [4.78, 5) is 39.1. The second-order valence-corrected chi connectivity index (χ2v) is 11.5. The van der Waals surface area contributed by atoms with Crippen LogP contribution in [0.15, 0.2) is 107 Å². The number of aliphatic carboxylic acids is 1. The quantitative estimate of drug-likeness (QED) is 0.0833. The van der Waals surface area contributed by atoms with Gasteiger partial charge in [-0.05, 0) is 83.6 Å². The largest absolute Gasteiger partial charge is 0.480 e. The smallest absolute Gasteiger partial charge is 0.407 e. The molecule has 5 rings (SSSR count). The minimum Gasteiger partial charge on any atom is -0.480 e. The molecular weight excluding hydrogens is 580 g/mol. The van der Waals surface area contributed by atoms with Gasteiger partial charge < -0.3 is 20.1 Å². The van der Waals surface area contributed by atoms with Crippen molar-refractivity contribution in [2.45, 2.75) is 44.1 Å². The number of fused-ring (bicyclic) bond motifs is 3. The average molecular weight is 619 g/mol. The molecule has 0 aliphatic heterocycles. The Morgan fingerprint density at radius 1 is 0.783 bits per heavy atom. The van der Waals surface area contributed by atoms with E-state index in [1.54, 1.807) is 24.3 Å². The molecule has 0 saturated carbocycles. The fourth-order valence-electron chi connectivity index (χ4n) is 5.64. The summed E-state index contributed by atoms with van der Waals surface area (Å²) in [6, 6.07) is 29.7. The van der Waals surface area contributed by atoms with Gasteiger partial charge in [0.1, 0.15) is 12.6 Å². The van der Waals surface area contributed by atoms with Crippen molar-refractivity contribution in [3.8, 4) is 11.1 Å². The van der Waals surface area contributed by atoms with Crippen LogP contribution in [0, 0.1) is 0 Å². The van der Waals surface area contributed by atoms with E-state index in [-0.39, 0.29) is 24.7 Å². The molecule has 0 spiro atoms. The van der Waals surface area contributed by atoms with Crippen molar-refractivity contribution in [1.82, 2.24) is 5.32 Å². The van der Waals surface area contributed by atoms with Crippen LogP contribution in [0.1, 0.15) is 59.5 Å². The number of ketones is 1. The van der Waals surface area contributed by atoms with Crippen LogP contribution in [-0.4, -0.2) is 49.7 Å². The lowest BCUT2D eigenvalue weighted by Gasteiger charge is -2.17. The summed E-state index contributed by atoms with van der Waals surface area (Å²) in [6.07, 6.45) is 1.64. The number of alkyl carbamates (subject to hydrolysis) is 1. The number of carboxylic acid groups (broad SMARTS) is 1. The maximum absolute atomic E-state index is 12.7. The molecule has 0 fully saturated rings. The third kappa shape index (κ3) is 8.04. The van der Waals surface area contributed by atoms with Gasteiger partial charge in [-0.25, -0.2) is 9.59 Å². The minimum absolute atomic E-state index is 0.00862. The first kappa shape index (κ1) is 32.1. The van der Waals surface area contributed by atoms with E-state index < -0.39 is 18.1 Å². The Labute approximate surface area is 268 Å². The molecule has 0 bridgehead atoms. The molecule has 0 radical (unpaired) electrons. The number of carboxylic acids is 1. The summed E-state index contributed by atoms with van der Waals surface area (Å²) in [7, 11) is 3.95. The van der Waals surface area contributed by atoms with Crippen LogP contribution in [0.2, 0.25) is 0 Å². The van der Waals surface area contributed by atoms with Gasteiger partial charge in [0, 0.05) is 37.7 Å². The second kappa shape index (κ2) is 15.1. The second-order valence-electron chi connectivity index (χ2n) is 11.5. The van der Waals surface area contributed by atoms with Gasteiger partial charge in [-0.1, -0.05) is 61.4 Å². The number of nitrogens with one attached hydrogen (secondary N) is 1. The van der Waals surface area contributed by atoms with E-state index in [4.69, 9.17) is 4.74 Å². The van der Waals surface area contributed by atoms with Gasteiger partial charge in [-0.2, -0.15) is 10.2 Å². The minimum atomic E-state index is -1.12. The van der Waals surface area contributed by atoms with Crippen LogP contribution in [-0.2, 0) is 9.53 Å². The van der Waals surface area contributed by atoms with Crippen molar-refractivity contribution in [2.75, 3.05) is 25.6 Å². The van der Waals surface area contributed by atoms with E-state index in [0.717, 1.165) is 33.6 Å². The van der Waals surface area contributed by atoms with Gasteiger partial charge >= 0.3 is 12.1 Å². The molecule has 1 atom stereocenters. The molecule has 236 valence electrons. The zero-order valence-corrected chi connectivity index (χ0v) is 26.1. The Morgan fingerprint density at radius 3 is 1.91 bits per heavy atom. The van der Waals surface area contributed by atoms with Gasteiger partial charge in [-0.15, -0.1) is 0 Å². The fraction of sp³-hybridized carbons (Fsp3) is 0.270. The number of ether oxygens (including phenoxy) is 1. The highest BCUT2D eigenvalue weighted by atomic mass is 16.5. The predicted octanol–water partition coefficient (Wildman–Crippen LogP) is 8.29. The van der Waals surface area contributed by atoms with Gasteiger partial charge in [0.15, 0.2) is 5.78 Å². The van der Waals surface area contributed by atoms with Gasteiger partial charge in [0.2, 0.25) is 0 Å². The number of benzene rings is 4. The number of hydrogen-bond donors (Lipinski definition) is 2. The third-order valence-electron chi connectivity index (χ3n) is 8.17. The number of azo groups is 1. The van der Waals surface area contributed by atoms with Gasteiger partial charge in [-0.3, -0.25) is 4.79 Å². The van der Waals surface area contributed by atoms with Gasteiger partial charge in [0.25, 0.3) is 0 Å². The number of anilines is 1. The molecule has 46 heavy (non-hydrogen) atoms. The molecule has 0 aromatic heterocycles. The Morgan fingerprint density at radius 2 is 1.35 bits per heavy atom. The summed E-state index contributed by atoms with van der Waals surface area (Å²) in [5.74, 6) is -1.22. The third-order valence-corrected chi connectivity index (χ3v) is 8.17. The first-order valence-corrected chi connectivity index (χ1v) is 15.5. The van der Waals surface area contributed by atoms with Crippen molar-refractivity contribution in [3.05, 3.63) is 114 Å². The lowest BCUT2D eigenvalue weighted by Crippen LogP contribution is -2.41. The van der Waals surface area contributed by atoms with Crippen molar-refractivity contribution < 1.29 is 24.2 Å². The lowest BCUT2D eigenvalue weighted by atomic mass is 9.98. The van der Waals surface area contributed by atoms with E-state index >= 15 is 0 Å². The number of rotatable bonds is 14. The summed E-state index contributed by atoms with van der Waals surface area (Å²) in [6.45, 7) is 0.114. The number of carbonyl (C=O) groups is 3. The number of Topliss-reactive ketones (excluding diaryl/α,β-unsaturated/α-hetero) is 1. The van der Waals surface area contributed by atoms with Crippen LogP contribution in [0.25, 0.3) is 11.1 Å². The number of unbranched alkanes of at least 4 members (excludes halogenated alkanes) is 2. The van der Waals surface area contributed by atoms with Crippen molar-refractivity contribution in [1.29, 1.82) is 0 Å². The highest BCUT2D eigenvalue weighted by Gasteiger charge is 2.29. The van der Waals surface area contributed by atoms with E-state index in [1.165, 1.54) is 0 Å². The van der Waals surface area contributed by atoms with E-state index in [9.17, 15) is 19.5 Å². The Hall–Kier alpha value is -5.31. The summed E-state index contributed by atoms with van der Waals surface area (Å²) < 4.78 is 5.51. The highest BCUT2D eigenvalue weighted by molar-refractivity contribution is 5.96. The molecule has 1 aliphatic carbocycles. The fourth-order valence-corrected chi connectivity index (χ4v) is 5.64. The topological polar surface area (TPSA) is 121 Å². The molecule has 2 N–H and O–H groups in total. The number of amides is 1. The van der Waals surface area contributed by atoms with E-state index in [1.807, 2.05) is 79.7 Å². The standard InChI is InChI=1S/C37H38N4O5/c1-41(2)28-22-20-27(21-23-28)40-39-26-18-16-25(17-19-26)35(42)15-5-3-4-14-34(36(43)44)38-37(45)46-24-33-31-12-8-6-10-29(31)30-11-7-9-13-32(30)33/h6-13,16-23,33-34H,3-5,14-15,24H2,1-2H3,(H,38,45)(H,43,44). The number of hydrogen-bond acceptors (Lipinski definition) is 7. The Balaban J connectivity index is 1.03. The van der Waals surface area contributed by atoms with Crippen LogP contribution < -0.4 is 10.2 Å². The van der Waals surface area contributed by atoms with Crippen LogP contribution in [0.5, 0.6) is 0 Å². The van der Waals surface area contributed by atoms with E-state index in [2.05, 4.69) is 27.7 Å². The molecular formula is C37H38N4O5. The molecule has 1 aliphatic rings. The molecule has 4 aromatic carbocycles. The van der Waals surface area contributed by atoms with Crippen molar-refractivity contribution in [2.24, 2.45) is 10.2 Å². The molecule has 4 aromatic rings. The SMILES string of the molecule is CN(C)c1ccc(N=Nc2ccc(C(=O)CCCCCC(NC(=O)OCC3c4ccccc4-c4ccccc43)C(=O)O)cc2)cc1. The van der Waals surface area contributed by atoms with E-state index in [0.29, 0.717) is 36.9 Å². The zero-order valence-electron chi connectivity index (χ0n) is 26.1. The molecule has 9 heteroatoms. The number of carbonyl (C=O) groups excluding carboxylic acids is 2. The first-order valence-electron chi connectivity index (χ1n) is 15.5. The Kier molecular flexibility index (Phi) is 10.5. The van der Waals surface area contributed by atoms with Gasteiger partial charge in [0.05, 0.1) is 11.4 Å². The zero-order chi connectivity index (χ0) is 32.5. The predicted molar refractivity (Wildman–Crippen MR) is 178 cm³/mol. The van der Waals surface area contributed by atoms with Crippen LogP contribution in [0.4, 0.5) is 21.9 Å². The number of nitrogens with zero attached hydrogens (tertiary/aromatic N) is 3. The Bertz CT molecular complexity index is 1650. The highest BCUT2D eigenvalue weighted by Crippen LogP contribution is 2.44. The maximum Gasteiger partial charge on any atom is 0.407 e. The van der Waals surface area contributed by atoms with Crippen molar-refractivity contribution >= 4 is 34.9 Å². The summed E-state index contributed by atoms with van der Waals surface area (Å²) in [5, 5.41) is 20.7. The molecule has 1 unspecified atom stereocenters. The molecule has 1 amide bonds. The molecule has 0 heterocycles. The molecule has 9 nitrogen and oxygen atoms in total. The van der Waals surface area contributed by atoms with Crippen LogP contribution >= 0.6 is 0 Å². The van der Waals surface area contributed by atoms with Crippen LogP contribution in [0.3, 0.4) is 0 Å². The average Bonchev–Trinajstić information content (AvgIpc) is 3.39. The molecule has 0 saturated heterocycles. The van der Waals surface area contributed by atoms with Crippen molar-refractivity contribution in [3.63, 3.8) is 0 Å². The normalized spacial score (nSPS) is 12.7. The summed E-state index contributed by atoms with van der Waals surface area (Å²) in [5.41, 5.74) is 7.48.